The van der Waals surface area contributed by atoms with Crippen molar-refractivity contribution in [3.63, 3.8) is 0 Å². The van der Waals surface area contributed by atoms with E-state index in [4.69, 9.17) is 9.51 Å². The van der Waals surface area contributed by atoms with Crippen molar-refractivity contribution in [3.8, 4) is 10.7 Å². The number of hydrogen-bond donors (Lipinski definition) is 1. The summed E-state index contributed by atoms with van der Waals surface area (Å²) in [6.45, 7) is 2.15. The van der Waals surface area contributed by atoms with Crippen molar-refractivity contribution in [3.05, 3.63) is 41.6 Å². The van der Waals surface area contributed by atoms with Gasteiger partial charge in [-0.3, -0.25) is 4.79 Å². The minimum absolute atomic E-state index is 0.0792. The maximum Gasteiger partial charge on any atom is 0.227 e. The lowest BCUT2D eigenvalue weighted by Crippen LogP contribution is -2.16. The molecule has 0 spiro atoms. The number of benzene rings is 1. The lowest BCUT2D eigenvalue weighted by atomic mass is 10.2. The molecule has 29 heavy (non-hydrogen) atoms. The van der Waals surface area contributed by atoms with E-state index in [0.717, 1.165) is 39.0 Å². The van der Waals surface area contributed by atoms with Crippen LogP contribution in [0, 0.1) is 0 Å². The fraction of sp³-hybridized carbons (Fsp3) is 0.300. The second-order valence-corrected chi connectivity index (χ2v) is 8.87. The number of nitrogens with zero attached hydrogens (tertiary/aromatic N) is 4. The van der Waals surface area contributed by atoms with Gasteiger partial charge in [0.15, 0.2) is 5.13 Å². The molecular weight excluding hydrogens is 406 g/mol. The molecule has 4 heterocycles. The van der Waals surface area contributed by atoms with Gasteiger partial charge < -0.3 is 14.7 Å². The van der Waals surface area contributed by atoms with Gasteiger partial charge in [0.05, 0.1) is 15.1 Å². The number of thiazole rings is 1. The van der Waals surface area contributed by atoms with E-state index < -0.39 is 0 Å². The van der Waals surface area contributed by atoms with Crippen LogP contribution in [0.15, 0.2) is 40.2 Å². The Kier molecular flexibility index (Phi) is 4.99. The number of amides is 1. The molecule has 0 aliphatic carbocycles. The van der Waals surface area contributed by atoms with Gasteiger partial charge in [-0.15, -0.1) is 11.3 Å². The zero-order chi connectivity index (χ0) is 19.6. The Morgan fingerprint density at radius 3 is 2.93 bits per heavy atom. The Morgan fingerprint density at radius 2 is 2.10 bits per heavy atom. The van der Waals surface area contributed by atoms with Crippen LogP contribution in [-0.4, -0.2) is 34.1 Å². The van der Waals surface area contributed by atoms with Crippen LogP contribution in [0.2, 0.25) is 0 Å². The van der Waals surface area contributed by atoms with Gasteiger partial charge in [-0.05, 0) is 42.5 Å². The summed E-state index contributed by atoms with van der Waals surface area (Å²) in [6, 6.07) is 9.74. The Bertz CT molecular complexity index is 1130. The zero-order valence-electron chi connectivity index (χ0n) is 15.6. The highest BCUT2D eigenvalue weighted by Crippen LogP contribution is 2.32. The lowest BCUT2D eigenvalue weighted by molar-refractivity contribution is -0.116. The number of aryl methyl sites for hydroxylation is 1. The van der Waals surface area contributed by atoms with Crippen LogP contribution in [0.5, 0.6) is 0 Å². The Hall–Kier alpha value is -2.78. The summed E-state index contributed by atoms with van der Waals surface area (Å²) in [5, 5.41) is 9.96. The minimum Gasteiger partial charge on any atom is -0.348 e. The first kappa shape index (κ1) is 18.3. The van der Waals surface area contributed by atoms with Crippen molar-refractivity contribution in [2.45, 2.75) is 25.7 Å². The molecule has 1 amide bonds. The third-order valence-electron chi connectivity index (χ3n) is 4.81. The predicted octanol–water partition coefficient (Wildman–Crippen LogP) is 4.58. The van der Waals surface area contributed by atoms with Gasteiger partial charge in [-0.25, -0.2) is 4.98 Å². The maximum absolute atomic E-state index is 12.4. The van der Waals surface area contributed by atoms with Crippen molar-refractivity contribution in [1.82, 2.24) is 15.1 Å². The summed E-state index contributed by atoms with van der Waals surface area (Å²) in [6.07, 6.45) is 3.15. The standard InChI is InChI=1S/C20H19N5O2S2/c26-17(7-8-18-23-19(24-27-18)15-4-3-11-28-15)21-13-5-6-14-16(12-13)29-20(22-14)25-9-1-2-10-25/h3-6,11-12H,1-2,7-10H2,(H,21,26). The first-order valence-electron chi connectivity index (χ1n) is 9.56. The van der Waals surface area contributed by atoms with Crippen LogP contribution in [-0.2, 0) is 11.2 Å². The van der Waals surface area contributed by atoms with Crippen molar-refractivity contribution in [2.75, 3.05) is 23.3 Å². The number of hydrogen-bond acceptors (Lipinski definition) is 8. The van der Waals surface area contributed by atoms with Gasteiger partial charge >= 0.3 is 0 Å². The molecule has 0 atom stereocenters. The first-order valence-corrected chi connectivity index (χ1v) is 11.3. The second-order valence-electron chi connectivity index (χ2n) is 6.91. The normalized spacial score (nSPS) is 14.0. The van der Waals surface area contributed by atoms with Gasteiger partial charge in [-0.1, -0.05) is 22.6 Å². The SMILES string of the molecule is O=C(CCc1nc(-c2cccs2)no1)Nc1ccc2nc(N3CCCC3)sc2c1. The molecule has 0 bridgehead atoms. The summed E-state index contributed by atoms with van der Waals surface area (Å²) in [7, 11) is 0. The molecule has 0 unspecified atom stereocenters. The number of aromatic nitrogens is 3. The Balaban J connectivity index is 1.20. The van der Waals surface area contributed by atoms with Crippen LogP contribution < -0.4 is 10.2 Å². The average molecular weight is 426 g/mol. The first-order chi connectivity index (χ1) is 14.2. The maximum atomic E-state index is 12.4. The van der Waals surface area contributed by atoms with E-state index >= 15 is 0 Å². The topological polar surface area (TPSA) is 84.1 Å². The molecule has 3 aromatic heterocycles. The van der Waals surface area contributed by atoms with E-state index in [1.165, 1.54) is 12.8 Å². The van der Waals surface area contributed by atoms with Gasteiger partial charge in [-0.2, -0.15) is 4.98 Å². The molecule has 1 fully saturated rings. The van der Waals surface area contributed by atoms with Crippen molar-refractivity contribution in [1.29, 1.82) is 0 Å². The van der Waals surface area contributed by atoms with E-state index in [1.807, 2.05) is 35.7 Å². The van der Waals surface area contributed by atoms with Gasteiger partial charge in [0.25, 0.3) is 0 Å². The van der Waals surface area contributed by atoms with Crippen LogP contribution in [0.3, 0.4) is 0 Å². The fourth-order valence-corrected chi connectivity index (χ4v) is 5.05. The molecule has 1 N–H and O–H groups in total. The van der Waals surface area contributed by atoms with Gasteiger partial charge in [0, 0.05) is 31.6 Å². The van der Waals surface area contributed by atoms with Gasteiger partial charge in [0.2, 0.25) is 17.6 Å². The van der Waals surface area contributed by atoms with Crippen molar-refractivity contribution in [2.24, 2.45) is 0 Å². The van der Waals surface area contributed by atoms with E-state index in [9.17, 15) is 4.79 Å². The highest BCUT2D eigenvalue weighted by Gasteiger charge is 2.17. The second kappa shape index (κ2) is 7.92. The molecule has 0 radical (unpaired) electrons. The summed E-state index contributed by atoms with van der Waals surface area (Å²) >= 11 is 3.23. The number of carbonyl (C=O) groups is 1. The molecule has 1 aromatic carbocycles. The number of thiophene rings is 1. The molecule has 5 rings (SSSR count). The summed E-state index contributed by atoms with van der Waals surface area (Å²) in [5.74, 6) is 0.959. The third kappa shape index (κ3) is 4.01. The molecule has 1 aliphatic rings. The van der Waals surface area contributed by atoms with Crippen molar-refractivity contribution >= 4 is 49.6 Å². The molecule has 9 heteroatoms. The average Bonchev–Trinajstić information content (AvgIpc) is 3.52. The number of fused-ring (bicyclic) bond motifs is 1. The Morgan fingerprint density at radius 1 is 1.21 bits per heavy atom. The van der Waals surface area contributed by atoms with Crippen molar-refractivity contribution < 1.29 is 9.32 Å². The van der Waals surface area contributed by atoms with Crippen LogP contribution >= 0.6 is 22.7 Å². The summed E-state index contributed by atoms with van der Waals surface area (Å²) in [5.41, 5.74) is 1.76. The fourth-order valence-electron chi connectivity index (χ4n) is 3.34. The van der Waals surface area contributed by atoms with E-state index in [2.05, 4.69) is 20.4 Å². The van der Waals surface area contributed by atoms with Gasteiger partial charge in [0.1, 0.15) is 0 Å². The molecule has 1 saturated heterocycles. The number of rotatable bonds is 6. The number of carbonyl (C=O) groups excluding carboxylic acids is 1. The molecule has 7 nitrogen and oxygen atoms in total. The smallest absolute Gasteiger partial charge is 0.227 e. The largest absolute Gasteiger partial charge is 0.348 e. The van der Waals surface area contributed by atoms with Crippen LogP contribution in [0.25, 0.3) is 20.9 Å². The van der Waals surface area contributed by atoms with Crippen LogP contribution in [0.1, 0.15) is 25.2 Å². The molecular formula is C20H19N5O2S2. The predicted molar refractivity (Wildman–Crippen MR) is 116 cm³/mol. The highest BCUT2D eigenvalue weighted by atomic mass is 32.1. The minimum atomic E-state index is -0.0792. The molecule has 1 aliphatic heterocycles. The van der Waals surface area contributed by atoms with E-state index in [0.29, 0.717) is 18.1 Å². The zero-order valence-corrected chi connectivity index (χ0v) is 17.3. The molecule has 148 valence electrons. The highest BCUT2D eigenvalue weighted by molar-refractivity contribution is 7.22. The number of anilines is 2. The van der Waals surface area contributed by atoms with E-state index in [1.54, 1.807) is 22.7 Å². The lowest BCUT2D eigenvalue weighted by Gasteiger charge is -2.11. The third-order valence-corrected chi connectivity index (χ3v) is 6.76. The van der Waals surface area contributed by atoms with E-state index in [-0.39, 0.29) is 12.3 Å². The Labute approximate surface area is 175 Å². The molecule has 0 saturated carbocycles. The number of nitrogens with one attached hydrogen (secondary N) is 1. The van der Waals surface area contributed by atoms with Crippen LogP contribution in [0.4, 0.5) is 10.8 Å². The summed E-state index contributed by atoms with van der Waals surface area (Å²) < 4.78 is 6.34. The quantitative estimate of drug-likeness (QED) is 0.487. The monoisotopic (exact) mass is 425 g/mol. The molecule has 4 aromatic rings. The summed E-state index contributed by atoms with van der Waals surface area (Å²) in [4.78, 5) is 24.7.